The summed E-state index contributed by atoms with van der Waals surface area (Å²) in [7, 11) is 3.61. The highest BCUT2D eigenvalue weighted by Crippen LogP contribution is 2.19. The molecule has 0 aliphatic carbocycles. The highest BCUT2D eigenvalue weighted by atomic mass is 16.5. The molecular weight excluding hydrogens is 242 g/mol. The minimum Gasteiger partial charge on any atom is -0.497 e. The van der Waals surface area contributed by atoms with Gasteiger partial charge in [0.1, 0.15) is 5.75 Å². The molecular formula is C15H25NO3. The first kappa shape index (κ1) is 16.0. The molecule has 1 atom stereocenters. The quantitative estimate of drug-likeness (QED) is 0.661. The van der Waals surface area contributed by atoms with Gasteiger partial charge in [-0.15, -0.1) is 0 Å². The summed E-state index contributed by atoms with van der Waals surface area (Å²) < 4.78 is 16.2. The van der Waals surface area contributed by atoms with Crippen molar-refractivity contribution in [1.29, 1.82) is 0 Å². The third-order valence-electron chi connectivity index (χ3n) is 2.85. The predicted molar refractivity (Wildman–Crippen MR) is 76.7 cm³/mol. The van der Waals surface area contributed by atoms with Crippen molar-refractivity contribution in [2.45, 2.75) is 19.4 Å². The Balaban J connectivity index is 2.35. The molecule has 0 aromatic heterocycles. The zero-order valence-electron chi connectivity index (χ0n) is 12.1. The Labute approximate surface area is 116 Å². The van der Waals surface area contributed by atoms with Crippen molar-refractivity contribution >= 4 is 0 Å². The third kappa shape index (κ3) is 6.05. The van der Waals surface area contributed by atoms with Gasteiger partial charge in [-0.3, -0.25) is 0 Å². The van der Waals surface area contributed by atoms with E-state index in [0.717, 1.165) is 24.3 Å². The minimum absolute atomic E-state index is 0.168. The van der Waals surface area contributed by atoms with E-state index < -0.39 is 0 Å². The van der Waals surface area contributed by atoms with Crippen LogP contribution in [0.4, 0.5) is 0 Å². The van der Waals surface area contributed by atoms with E-state index in [9.17, 15) is 0 Å². The van der Waals surface area contributed by atoms with E-state index in [-0.39, 0.29) is 6.04 Å². The van der Waals surface area contributed by atoms with Crippen LogP contribution < -0.4 is 10.1 Å². The van der Waals surface area contributed by atoms with E-state index in [1.807, 2.05) is 25.2 Å². The van der Waals surface area contributed by atoms with E-state index in [1.165, 1.54) is 0 Å². The van der Waals surface area contributed by atoms with Gasteiger partial charge in [-0.05, 0) is 31.2 Å². The number of hydrogen-bond acceptors (Lipinski definition) is 4. The summed E-state index contributed by atoms with van der Waals surface area (Å²) in [5, 5.41) is 3.25. The van der Waals surface area contributed by atoms with Crippen molar-refractivity contribution in [3.8, 4) is 5.75 Å². The molecule has 0 radical (unpaired) electrons. The van der Waals surface area contributed by atoms with Gasteiger partial charge in [0.05, 0.1) is 33.0 Å². The van der Waals surface area contributed by atoms with Crippen molar-refractivity contribution in [2.24, 2.45) is 0 Å². The molecule has 0 saturated heterocycles. The second kappa shape index (κ2) is 9.78. The fourth-order valence-corrected chi connectivity index (χ4v) is 1.77. The molecule has 0 spiro atoms. The van der Waals surface area contributed by atoms with Gasteiger partial charge in [-0.25, -0.2) is 0 Å². The number of ether oxygens (including phenoxy) is 3. The number of rotatable bonds is 10. The van der Waals surface area contributed by atoms with Crippen molar-refractivity contribution < 1.29 is 14.2 Å². The van der Waals surface area contributed by atoms with Gasteiger partial charge in [0.2, 0.25) is 0 Å². The number of hydrogen-bond donors (Lipinski definition) is 1. The summed E-state index contributed by atoms with van der Waals surface area (Å²) in [4.78, 5) is 0. The van der Waals surface area contributed by atoms with Crippen molar-refractivity contribution in [3.05, 3.63) is 29.8 Å². The minimum atomic E-state index is 0.168. The van der Waals surface area contributed by atoms with E-state index in [0.29, 0.717) is 19.8 Å². The van der Waals surface area contributed by atoms with E-state index in [2.05, 4.69) is 18.3 Å². The van der Waals surface area contributed by atoms with Crippen LogP contribution in [0.3, 0.4) is 0 Å². The Morgan fingerprint density at radius 3 is 2.63 bits per heavy atom. The Morgan fingerprint density at radius 1 is 1.16 bits per heavy atom. The first-order valence-electron chi connectivity index (χ1n) is 6.78. The van der Waals surface area contributed by atoms with E-state index in [4.69, 9.17) is 14.2 Å². The van der Waals surface area contributed by atoms with E-state index >= 15 is 0 Å². The van der Waals surface area contributed by atoms with Gasteiger partial charge >= 0.3 is 0 Å². The summed E-state index contributed by atoms with van der Waals surface area (Å²) >= 11 is 0. The van der Waals surface area contributed by atoms with Crippen LogP contribution in [0.15, 0.2) is 24.3 Å². The highest BCUT2D eigenvalue weighted by Gasteiger charge is 2.09. The van der Waals surface area contributed by atoms with Gasteiger partial charge in [0.25, 0.3) is 0 Å². The fraction of sp³-hybridized carbons (Fsp3) is 0.600. The maximum absolute atomic E-state index is 5.63. The zero-order valence-corrected chi connectivity index (χ0v) is 12.1. The lowest BCUT2D eigenvalue weighted by molar-refractivity contribution is 0.0399. The molecule has 0 fully saturated rings. The topological polar surface area (TPSA) is 39.7 Å². The first-order valence-corrected chi connectivity index (χ1v) is 6.78. The number of benzene rings is 1. The molecule has 1 unspecified atom stereocenters. The first-order chi connectivity index (χ1) is 9.31. The maximum Gasteiger partial charge on any atom is 0.119 e. The van der Waals surface area contributed by atoms with E-state index in [1.54, 1.807) is 7.11 Å². The van der Waals surface area contributed by atoms with Crippen LogP contribution in [0.2, 0.25) is 0 Å². The van der Waals surface area contributed by atoms with Crippen molar-refractivity contribution in [2.75, 3.05) is 40.6 Å². The molecule has 0 bridgehead atoms. The molecule has 19 heavy (non-hydrogen) atoms. The molecule has 108 valence electrons. The zero-order chi connectivity index (χ0) is 13.9. The molecule has 1 N–H and O–H groups in total. The number of nitrogens with one attached hydrogen (secondary N) is 1. The molecule has 1 aromatic carbocycles. The average molecular weight is 267 g/mol. The van der Waals surface area contributed by atoms with Crippen LogP contribution in [0.5, 0.6) is 5.75 Å². The normalized spacial score (nSPS) is 12.4. The molecule has 0 heterocycles. The Kier molecular flexibility index (Phi) is 8.21. The molecule has 4 heteroatoms. The van der Waals surface area contributed by atoms with Crippen molar-refractivity contribution in [3.63, 3.8) is 0 Å². The van der Waals surface area contributed by atoms with Crippen LogP contribution in [-0.4, -0.2) is 40.6 Å². The summed E-state index contributed by atoms with van der Waals surface area (Å²) in [5.41, 5.74) is 1.16. The predicted octanol–water partition coefficient (Wildman–Crippen LogP) is 2.40. The lowest BCUT2D eigenvalue weighted by Crippen LogP contribution is -2.22. The molecule has 1 rings (SSSR count). The molecule has 4 nitrogen and oxygen atoms in total. The Bertz CT molecular complexity index is 344. The molecule has 0 amide bonds. The van der Waals surface area contributed by atoms with Crippen LogP contribution in [0, 0.1) is 0 Å². The van der Waals surface area contributed by atoms with Gasteiger partial charge in [-0.1, -0.05) is 19.1 Å². The van der Waals surface area contributed by atoms with Gasteiger partial charge in [0.15, 0.2) is 0 Å². The highest BCUT2D eigenvalue weighted by molar-refractivity contribution is 5.30. The SMILES string of the molecule is CCCOCCOCC(NC)c1cccc(OC)c1. The number of likely N-dealkylation sites (N-methyl/N-ethyl adjacent to an activating group) is 1. The monoisotopic (exact) mass is 267 g/mol. The van der Waals surface area contributed by atoms with Crippen LogP contribution in [0.1, 0.15) is 24.9 Å². The van der Waals surface area contributed by atoms with Crippen LogP contribution in [0.25, 0.3) is 0 Å². The van der Waals surface area contributed by atoms with Gasteiger partial charge in [-0.2, -0.15) is 0 Å². The Morgan fingerprint density at radius 2 is 1.95 bits per heavy atom. The lowest BCUT2D eigenvalue weighted by Gasteiger charge is -2.17. The number of methoxy groups -OCH3 is 1. The Hall–Kier alpha value is -1.10. The lowest BCUT2D eigenvalue weighted by atomic mass is 10.1. The summed E-state index contributed by atoms with van der Waals surface area (Å²) in [6.07, 6.45) is 1.04. The average Bonchev–Trinajstić information content (AvgIpc) is 2.46. The largest absolute Gasteiger partial charge is 0.497 e. The molecule has 1 aromatic rings. The second-order valence-corrected chi connectivity index (χ2v) is 4.31. The van der Waals surface area contributed by atoms with Crippen LogP contribution >= 0.6 is 0 Å². The molecule has 0 aliphatic heterocycles. The smallest absolute Gasteiger partial charge is 0.119 e. The van der Waals surface area contributed by atoms with Crippen LogP contribution in [-0.2, 0) is 9.47 Å². The van der Waals surface area contributed by atoms with Gasteiger partial charge < -0.3 is 19.5 Å². The summed E-state index contributed by atoms with van der Waals surface area (Å²) in [5.74, 6) is 0.865. The second-order valence-electron chi connectivity index (χ2n) is 4.31. The van der Waals surface area contributed by atoms with Gasteiger partial charge in [0, 0.05) is 6.61 Å². The summed E-state index contributed by atoms with van der Waals surface area (Å²) in [6.45, 7) is 4.80. The fourth-order valence-electron chi connectivity index (χ4n) is 1.77. The summed E-state index contributed by atoms with van der Waals surface area (Å²) in [6, 6.07) is 8.19. The third-order valence-corrected chi connectivity index (χ3v) is 2.85. The van der Waals surface area contributed by atoms with Crippen molar-refractivity contribution in [1.82, 2.24) is 5.32 Å². The standard InChI is InChI=1S/C15H25NO3/c1-4-8-18-9-10-19-12-15(16-2)13-6-5-7-14(11-13)17-3/h5-7,11,15-16H,4,8-10,12H2,1-3H3. The molecule has 0 aliphatic rings. The maximum atomic E-state index is 5.63. The molecule has 0 saturated carbocycles.